The van der Waals surface area contributed by atoms with Gasteiger partial charge < -0.3 is 4.74 Å². The van der Waals surface area contributed by atoms with Crippen molar-refractivity contribution in [3.05, 3.63) is 53.3 Å². The van der Waals surface area contributed by atoms with Gasteiger partial charge in [0.25, 0.3) is 11.8 Å². The first-order valence-electron chi connectivity index (χ1n) is 9.26. The third kappa shape index (κ3) is 3.28. The van der Waals surface area contributed by atoms with Crippen molar-refractivity contribution >= 4 is 22.6 Å². The summed E-state index contributed by atoms with van der Waals surface area (Å²) in [7, 11) is 0. The van der Waals surface area contributed by atoms with Gasteiger partial charge in [0.15, 0.2) is 5.82 Å². The highest BCUT2D eigenvalue weighted by molar-refractivity contribution is 6.25. The number of carbonyl (C=O) groups excluding carboxylic acids is 2. The Hall–Kier alpha value is -3.42. The van der Waals surface area contributed by atoms with Crippen LogP contribution in [0.4, 0.5) is 0 Å². The molecule has 2 amide bonds. The Morgan fingerprint density at radius 3 is 2.18 bits per heavy atom. The number of aryl methyl sites for hydroxylation is 1. The largest absolute Gasteiger partial charge is 0.459 e. The van der Waals surface area contributed by atoms with Crippen LogP contribution >= 0.6 is 0 Å². The van der Waals surface area contributed by atoms with Crippen LogP contribution < -0.4 is 4.74 Å². The number of hydrogen-bond donors (Lipinski definition) is 0. The molecule has 1 aliphatic heterocycles. The quantitative estimate of drug-likeness (QED) is 0.583. The molecule has 0 fully saturated rings. The summed E-state index contributed by atoms with van der Waals surface area (Å²) in [5.41, 5.74) is 1.04. The predicted molar refractivity (Wildman–Crippen MR) is 101 cm³/mol. The minimum atomic E-state index is -0.329. The summed E-state index contributed by atoms with van der Waals surface area (Å²) < 4.78 is 5.43. The molecule has 3 aromatic rings. The Morgan fingerprint density at radius 2 is 1.57 bits per heavy atom. The second-order valence-electron chi connectivity index (χ2n) is 6.52. The van der Waals surface area contributed by atoms with Crippen molar-refractivity contribution in [2.45, 2.75) is 26.2 Å². The van der Waals surface area contributed by atoms with E-state index in [9.17, 15) is 9.59 Å². The van der Waals surface area contributed by atoms with Crippen molar-refractivity contribution in [2.75, 3.05) is 13.2 Å². The van der Waals surface area contributed by atoms with Gasteiger partial charge in [0.1, 0.15) is 6.61 Å². The zero-order chi connectivity index (χ0) is 19.5. The summed E-state index contributed by atoms with van der Waals surface area (Å²) in [5, 5.41) is 17.3. The van der Waals surface area contributed by atoms with E-state index in [1.807, 2.05) is 24.3 Å². The first-order chi connectivity index (χ1) is 13.7. The Balaban J connectivity index is 1.44. The van der Waals surface area contributed by atoms with E-state index in [0.29, 0.717) is 22.3 Å². The van der Waals surface area contributed by atoms with Crippen molar-refractivity contribution < 1.29 is 14.3 Å². The number of aromatic nitrogens is 4. The van der Waals surface area contributed by atoms with Gasteiger partial charge in [-0.2, -0.15) is 0 Å². The molecule has 1 aliphatic rings. The molecule has 2 heterocycles. The second kappa shape index (κ2) is 7.67. The van der Waals surface area contributed by atoms with Gasteiger partial charge in [-0.05, 0) is 23.9 Å². The van der Waals surface area contributed by atoms with Crippen LogP contribution in [0.3, 0.4) is 0 Å². The number of carbonyl (C=O) groups is 2. The van der Waals surface area contributed by atoms with E-state index in [2.05, 4.69) is 27.3 Å². The number of hydrogen-bond acceptors (Lipinski definition) is 7. The van der Waals surface area contributed by atoms with Gasteiger partial charge in [0, 0.05) is 22.9 Å². The van der Waals surface area contributed by atoms with Crippen LogP contribution in [-0.4, -0.2) is 50.3 Å². The molecule has 0 N–H and O–H groups in total. The number of amides is 2. The molecule has 28 heavy (non-hydrogen) atoms. The monoisotopic (exact) mass is 377 g/mol. The van der Waals surface area contributed by atoms with E-state index in [4.69, 9.17) is 4.74 Å². The average Bonchev–Trinajstić information content (AvgIpc) is 2.73. The molecule has 142 valence electrons. The maximum absolute atomic E-state index is 12.8. The highest BCUT2D eigenvalue weighted by Gasteiger charge is 2.32. The molecule has 0 bridgehead atoms. The summed E-state index contributed by atoms with van der Waals surface area (Å²) in [5.74, 6) is -0.0877. The van der Waals surface area contributed by atoms with Gasteiger partial charge in [-0.3, -0.25) is 14.5 Å². The lowest BCUT2D eigenvalue weighted by Crippen LogP contribution is -2.42. The lowest BCUT2D eigenvalue weighted by molar-refractivity contribution is 0.0584. The molecule has 0 atom stereocenters. The summed E-state index contributed by atoms with van der Waals surface area (Å²) in [6.07, 6.45) is 2.73. The van der Waals surface area contributed by atoms with Crippen LogP contribution in [0.1, 0.15) is 46.3 Å². The molecule has 0 aliphatic carbocycles. The molecular weight excluding hydrogens is 358 g/mol. The van der Waals surface area contributed by atoms with Crippen molar-refractivity contribution in [1.29, 1.82) is 0 Å². The van der Waals surface area contributed by atoms with Crippen LogP contribution in [-0.2, 0) is 6.42 Å². The fourth-order valence-electron chi connectivity index (χ4n) is 3.25. The maximum Gasteiger partial charge on any atom is 0.355 e. The third-order valence-electron chi connectivity index (χ3n) is 4.66. The second-order valence-corrected chi connectivity index (χ2v) is 6.52. The van der Waals surface area contributed by atoms with E-state index in [0.717, 1.165) is 24.6 Å². The standard InChI is InChI=1S/C20H19N5O3/c1-2-3-10-16-21-23-20(24-22-16)28-12-11-25-18(26)14-8-4-6-13-7-5-9-15(17(13)14)19(25)27/h4-9H,2-3,10-12H2,1H3. The van der Waals surface area contributed by atoms with Crippen LogP contribution in [0.25, 0.3) is 10.8 Å². The van der Waals surface area contributed by atoms with Crippen molar-refractivity contribution in [3.63, 3.8) is 0 Å². The summed E-state index contributed by atoms with van der Waals surface area (Å²) in [6, 6.07) is 10.9. The van der Waals surface area contributed by atoms with Gasteiger partial charge in [-0.25, -0.2) is 0 Å². The molecule has 0 saturated heterocycles. The average molecular weight is 377 g/mol. The van der Waals surface area contributed by atoms with E-state index < -0.39 is 0 Å². The number of benzene rings is 2. The molecule has 4 rings (SSSR count). The number of nitrogens with zero attached hydrogens (tertiary/aromatic N) is 5. The molecule has 0 unspecified atom stereocenters. The number of rotatable bonds is 7. The minimum Gasteiger partial charge on any atom is -0.459 e. The maximum atomic E-state index is 12.8. The van der Waals surface area contributed by atoms with Gasteiger partial charge in [-0.15, -0.1) is 10.2 Å². The van der Waals surface area contributed by atoms with E-state index in [1.54, 1.807) is 12.1 Å². The molecule has 8 nitrogen and oxygen atoms in total. The Labute approximate surface area is 161 Å². The van der Waals surface area contributed by atoms with E-state index in [1.165, 1.54) is 4.90 Å². The topological polar surface area (TPSA) is 98.2 Å². The molecule has 0 radical (unpaired) electrons. The molecule has 8 heteroatoms. The molecular formula is C20H19N5O3. The van der Waals surface area contributed by atoms with Gasteiger partial charge in [0.2, 0.25) is 0 Å². The fourth-order valence-corrected chi connectivity index (χ4v) is 3.25. The first-order valence-corrected chi connectivity index (χ1v) is 9.26. The highest BCUT2D eigenvalue weighted by atomic mass is 16.5. The number of imide groups is 1. The van der Waals surface area contributed by atoms with Crippen LogP contribution in [0.5, 0.6) is 6.01 Å². The van der Waals surface area contributed by atoms with Crippen molar-refractivity contribution in [2.24, 2.45) is 0 Å². The molecule has 0 spiro atoms. The first kappa shape index (κ1) is 18.0. The van der Waals surface area contributed by atoms with Crippen LogP contribution in [0, 0.1) is 0 Å². The fraction of sp³-hybridized carbons (Fsp3) is 0.300. The van der Waals surface area contributed by atoms with Crippen molar-refractivity contribution in [3.8, 4) is 6.01 Å². The third-order valence-corrected chi connectivity index (χ3v) is 4.66. The summed E-state index contributed by atoms with van der Waals surface area (Å²) >= 11 is 0. The normalized spacial score (nSPS) is 13.2. The molecule has 2 aromatic carbocycles. The number of unbranched alkanes of at least 4 members (excludes halogenated alkanes) is 1. The van der Waals surface area contributed by atoms with Gasteiger partial charge in [-0.1, -0.05) is 47.8 Å². The Kier molecular flexibility index (Phi) is 4.92. The molecule has 1 aromatic heterocycles. The van der Waals surface area contributed by atoms with E-state index in [-0.39, 0.29) is 31.0 Å². The lowest BCUT2D eigenvalue weighted by Gasteiger charge is -2.26. The predicted octanol–water partition coefficient (Wildman–Crippen LogP) is 2.44. The molecule has 0 saturated carbocycles. The zero-order valence-electron chi connectivity index (χ0n) is 15.5. The van der Waals surface area contributed by atoms with Crippen molar-refractivity contribution in [1.82, 2.24) is 25.3 Å². The van der Waals surface area contributed by atoms with Crippen LogP contribution in [0.2, 0.25) is 0 Å². The van der Waals surface area contributed by atoms with Gasteiger partial charge >= 0.3 is 6.01 Å². The van der Waals surface area contributed by atoms with Crippen LogP contribution in [0.15, 0.2) is 36.4 Å². The summed E-state index contributed by atoms with van der Waals surface area (Å²) in [4.78, 5) is 26.8. The summed E-state index contributed by atoms with van der Waals surface area (Å²) in [6.45, 7) is 2.23. The number of ether oxygens (including phenoxy) is 1. The Morgan fingerprint density at radius 1 is 0.929 bits per heavy atom. The smallest absolute Gasteiger partial charge is 0.355 e. The highest BCUT2D eigenvalue weighted by Crippen LogP contribution is 2.29. The van der Waals surface area contributed by atoms with E-state index >= 15 is 0 Å². The zero-order valence-corrected chi connectivity index (χ0v) is 15.5. The van der Waals surface area contributed by atoms with Gasteiger partial charge in [0.05, 0.1) is 6.54 Å². The SMILES string of the molecule is CCCCc1nnc(OCCN2C(=O)c3cccc4cccc(c34)C2=O)nn1. The Bertz CT molecular complexity index is 985. The lowest BCUT2D eigenvalue weighted by atomic mass is 9.94. The minimum absolute atomic E-state index is 0.0275.